The highest BCUT2D eigenvalue weighted by molar-refractivity contribution is 6.04. The number of amides is 1. The van der Waals surface area contributed by atoms with Gasteiger partial charge in [0.2, 0.25) is 5.43 Å². The van der Waals surface area contributed by atoms with Crippen molar-refractivity contribution in [2.45, 2.75) is 6.92 Å². The SMILES string of the molecule is Cc1cc(=O)c(O)c(C(=O)Nc2cccnc2)n1C. The predicted octanol–water partition coefficient (Wildman–Crippen LogP) is 1.05. The lowest BCUT2D eigenvalue weighted by Gasteiger charge is -2.13. The average Bonchev–Trinajstić information content (AvgIpc) is 2.38. The summed E-state index contributed by atoms with van der Waals surface area (Å²) in [5, 5.41) is 12.3. The second-order valence-electron chi connectivity index (χ2n) is 4.10. The van der Waals surface area contributed by atoms with Gasteiger partial charge in [0, 0.05) is 25.0 Å². The molecule has 0 aromatic carbocycles. The molecule has 0 spiro atoms. The Labute approximate surface area is 109 Å². The number of aromatic nitrogens is 2. The van der Waals surface area contributed by atoms with Gasteiger partial charge in [0.05, 0.1) is 11.9 Å². The maximum Gasteiger partial charge on any atom is 0.276 e. The van der Waals surface area contributed by atoms with E-state index in [1.54, 1.807) is 32.3 Å². The summed E-state index contributed by atoms with van der Waals surface area (Å²) >= 11 is 0. The number of hydrogen-bond donors (Lipinski definition) is 2. The molecule has 0 unspecified atom stereocenters. The topological polar surface area (TPSA) is 84.2 Å². The van der Waals surface area contributed by atoms with Crippen LogP contribution in [0.5, 0.6) is 5.75 Å². The van der Waals surface area contributed by atoms with Gasteiger partial charge in [-0.05, 0) is 19.1 Å². The van der Waals surface area contributed by atoms with Crippen LogP contribution in [0.2, 0.25) is 0 Å². The van der Waals surface area contributed by atoms with Gasteiger partial charge in [-0.3, -0.25) is 14.6 Å². The summed E-state index contributed by atoms with van der Waals surface area (Å²) in [6.45, 7) is 1.68. The first-order valence-corrected chi connectivity index (χ1v) is 5.61. The highest BCUT2D eigenvalue weighted by atomic mass is 16.3. The Hall–Kier alpha value is -2.63. The standard InChI is InChI=1S/C13H13N3O3/c1-8-6-10(17)12(18)11(16(8)2)13(19)15-9-4-3-5-14-7-9/h3-7,18H,1-2H3,(H,15,19). The van der Waals surface area contributed by atoms with Crippen molar-refractivity contribution in [3.05, 3.63) is 52.2 Å². The number of pyridine rings is 2. The fraction of sp³-hybridized carbons (Fsp3) is 0.154. The van der Waals surface area contributed by atoms with Crippen molar-refractivity contribution in [1.82, 2.24) is 9.55 Å². The smallest absolute Gasteiger partial charge is 0.276 e. The van der Waals surface area contributed by atoms with Crippen LogP contribution in [0, 0.1) is 6.92 Å². The second kappa shape index (κ2) is 4.93. The number of aromatic hydroxyl groups is 1. The van der Waals surface area contributed by atoms with Crippen LogP contribution in [-0.2, 0) is 7.05 Å². The Bertz CT molecular complexity index is 678. The van der Waals surface area contributed by atoms with E-state index in [-0.39, 0.29) is 5.69 Å². The molecule has 2 N–H and O–H groups in total. The third-order valence-corrected chi connectivity index (χ3v) is 2.80. The first-order valence-electron chi connectivity index (χ1n) is 5.61. The van der Waals surface area contributed by atoms with E-state index in [9.17, 15) is 14.7 Å². The summed E-state index contributed by atoms with van der Waals surface area (Å²) in [5.74, 6) is -1.12. The molecule has 2 rings (SSSR count). The molecule has 0 radical (unpaired) electrons. The quantitative estimate of drug-likeness (QED) is 0.844. The minimum absolute atomic E-state index is 0.0751. The summed E-state index contributed by atoms with van der Waals surface area (Å²) in [6, 6.07) is 4.61. The van der Waals surface area contributed by atoms with E-state index in [1.807, 2.05) is 0 Å². The Morgan fingerprint density at radius 2 is 2.21 bits per heavy atom. The first-order chi connectivity index (χ1) is 9.00. The van der Waals surface area contributed by atoms with Crippen LogP contribution in [0.25, 0.3) is 0 Å². The molecular formula is C13H13N3O3. The molecule has 0 saturated carbocycles. The molecule has 0 aliphatic carbocycles. The van der Waals surface area contributed by atoms with Crippen LogP contribution in [0.15, 0.2) is 35.4 Å². The van der Waals surface area contributed by atoms with Gasteiger partial charge in [-0.2, -0.15) is 0 Å². The molecular weight excluding hydrogens is 246 g/mol. The van der Waals surface area contributed by atoms with Crippen LogP contribution in [0.1, 0.15) is 16.2 Å². The number of carbonyl (C=O) groups is 1. The third-order valence-electron chi connectivity index (χ3n) is 2.80. The number of nitrogens with one attached hydrogen (secondary N) is 1. The minimum atomic E-state index is -0.577. The zero-order valence-corrected chi connectivity index (χ0v) is 10.5. The molecule has 0 aliphatic heterocycles. The lowest BCUT2D eigenvalue weighted by atomic mass is 10.2. The molecule has 6 nitrogen and oxygen atoms in total. The van der Waals surface area contributed by atoms with Gasteiger partial charge in [0.25, 0.3) is 5.91 Å². The van der Waals surface area contributed by atoms with Crippen LogP contribution in [0.3, 0.4) is 0 Å². The van der Waals surface area contributed by atoms with E-state index >= 15 is 0 Å². The Morgan fingerprint density at radius 3 is 2.84 bits per heavy atom. The van der Waals surface area contributed by atoms with Crippen molar-refractivity contribution in [3.8, 4) is 5.75 Å². The van der Waals surface area contributed by atoms with Crippen molar-refractivity contribution in [2.75, 3.05) is 5.32 Å². The minimum Gasteiger partial charge on any atom is -0.503 e. The zero-order valence-electron chi connectivity index (χ0n) is 10.5. The molecule has 0 saturated heterocycles. The van der Waals surface area contributed by atoms with E-state index in [1.165, 1.54) is 16.8 Å². The molecule has 19 heavy (non-hydrogen) atoms. The molecule has 2 aromatic rings. The summed E-state index contributed by atoms with van der Waals surface area (Å²) in [4.78, 5) is 27.5. The van der Waals surface area contributed by atoms with Crippen molar-refractivity contribution in [3.63, 3.8) is 0 Å². The summed E-state index contributed by atoms with van der Waals surface area (Å²) in [6.07, 6.45) is 3.05. The maximum absolute atomic E-state index is 12.1. The summed E-state index contributed by atoms with van der Waals surface area (Å²) < 4.78 is 1.46. The third kappa shape index (κ3) is 2.47. The van der Waals surface area contributed by atoms with Gasteiger partial charge in [-0.15, -0.1) is 0 Å². The molecule has 0 aliphatic rings. The van der Waals surface area contributed by atoms with Gasteiger partial charge in [0.1, 0.15) is 0 Å². The van der Waals surface area contributed by atoms with Crippen molar-refractivity contribution in [2.24, 2.45) is 7.05 Å². The Kier molecular flexibility index (Phi) is 3.33. The maximum atomic E-state index is 12.1. The number of carbonyl (C=O) groups excluding carboxylic acids is 1. The fourth-order valence-corrected chi connectivity index (χ4v) is 1.69. The zero-order chi connectivity index (χ0) is 14.0. The molecule has 0 fully saturated rings. The van der Waals surface area contributed by atoms with Gasteiger partial charge < -0.3 is 15.0 Å². The monoisotopic (exact) mass is 259 g/mol. The van der Waals surface area contributed by atoms with E-state index in [0.29, 0.717) is 11.4 Å². The molecule has 98 valence electrons. The molecule has 0 bridgehead atoms. The van der Waals surface area contributed by atoms with Crippen LogP contribution in [-0.4, -0.2) is 20.6 Å². The van der Waals surface area contributed by atoms with Gasteiger partial charge >= 0.3 is 0 Å². The van der Waals surface area contributed by atoms with Gasteiger partial charge in [-0.1, -0.05) is 0 Å². The lowest BCUT2D eigenvalue weighted by Crippen LogP contribution is -2.22. The summed E-state index contributed by atoms with van der Waals surface area (Å²) in [5.41, 5.74) is 0.417. The molecule has 2 heterocycles. The lowest BCUT2D eigenvalue weighted by molar-refractivity contribution is 0.101. The van der Waals surface area contributed by atoms with Crippen molar-refractivity contribution >= 4 is 11.6 Å². The van der Waals surface area contributed by atoms with E-state index < -0.39 is 17.1 Å². The largest absolute Gasteiger partial charge is 0.503 e. The highest BCUT2D eigenvalue weighted by Gasteiger charge is 2.18. The number of hydrogen-bond acceptors (Lipinski definition) is 4. The molecule has 1 amide bonds. The van der Waals surface area contributed by atoms with Gasteiger partial charge in [0.15, 0.2) is 11.4 Å². The Morgan fingerprint density at radius 1 is 1.47 bits per heavy atom. The summed E-state index contributed by atoms with van der Waals surface area (Å²) in [7, 11) is 1.60. The van der Waals surface area contributed by atoms with Crippen LogP contribution in [0.4, 0.5) is 5.69 Å². The van der Waals surface area contributed by atoms with Crippen molar-refractivity contribution in [1.29, 1.82) is 0 Å². The van der Waals surface area contributed by atoms with Gasteiger partial charge in [-0.25, -0.2) is 0 Å². The molecule has 0 atom stereocenters. The number of rotatable bonds is 2. The van der Waals surface area contributed by atoms with E-state index in [2.05, 4.69) is 10.3 Å². The van der Waals surface area contributed by atoms with E-state index in [0.717, 1.165) is 0 Å². The second-order valence-corrected chi connectivity index (χ2v) is 4.10. The number of aryl methyl sites for hydroxylation is 1. The number of nitrogens with zero attached hydrogens (tertiary/aromatic N) is 2. The van der Waals surface area contributed by atoms with E-state index in [4.69, 9.17) is 0 Å². The average molecular weight is 259 g/mol. The highest BCUT2D eigenvalue weighted by Crippen LogP contribution is 2.15. The molecule has 2 aromatic heterocycles. The number of anilines is 1. The van der Waals surface area contributed by atoms with Crippen LogP contribution < -0.4 is 10.7 Å². The first kappa shape index (κ1) is 12.8. The fourth-order valence-electron chi connectivity index (χ4n) is 1.69. The van der Waals surface area contributed by atoms with Crippen LogP contribution >= 0.6 is 0 Å². The molecule has 6 heteroatoms. The van der Waals surface area contributed by atoms with Crippen molar-refractivity contribution < 1.29 is 9.90 Å². The Balaban J connectivity index is 2.43. The normalized spacial score (nSPS) is 10.2. The predicted molar refractivity (Wildman–Crippen MR) is 70.3 cm³/mol.